The zero-order valence-corrected chi connectivity index (χ0v) is 17.4. The molecule has 3 rings (SSSR count). The Labute approximate surface area is 177 Å². The molecule has 3 N–H and O–H groups in total. The molecule has 156 valence electrons. The summed E-state index contributed by atoms with van der Waals surface area (Å²) in [5.41, 5.74) is 6.50. The highest BCUT2D eigenvalue weighted by atomic mass is 32.2. The van der Waals surface area contributed by atoms with Crippen molar-refractivity contribution in [3.05, 3.63) is 59.9 Å². The molecule has 0 atom stereocenters. The van der Waals surface area contributed by atoms with Gasteiger partial charge in [-0.05, 0) is 42.3 Å². The molecular formula is C21H22FN5O2S. The van der Waals surface area contributed by atoms with Crippen molar-refractivity contribution in [3.8, 4) is 11.4 Å². The molecule has 2 amide bonds. The minimum atomic E-state index is -0.529. The van der Waals surface area contributed by atoms with Crippen molar-refractivity contribution < 1.29 is 14.0 Å². The molecule has 0 spiro atoms. The zero-order chi connectivity index (χ0) is 21.7. The SMILES string of the molecule is CC(C)Cn1c(SCC(=O)Nc2ccc(C(N)=O)cc2)nnc1-c1ccccc1F. The number of nitrogens with two attached hydrogens (primary N) is 1. The Balaban J connectivity index is 1.72. The fraction of sp³-hybridized carbons (Fsp3) is 0.238. The molecule has 3 aromatic rings. The minimum absolute atomic E-state index is 0.102. The largest absolute Gasteiger partial charge is 0.366 e. The van der Waals surface area contributed by atoms with Gasteiger partial charge in [-0.3, -0.25) is 9.59 Å². The van der Waals surface area contributed by atoms with E-state index in [1.54, 1.807) is 42.5 Å². The van der Waals surface area contributed by atoms with Gasteiger partial charge >= 0.3 is 0 Å². The second-order valence-electron chi connectivity index (χ2n) is 7.07. The van der Waals surface area contributed by atoms with Crippen molar-refractivity contribution in [1.82, 2.24) is 14.8 Å². The van der Waals surface area contributed by atoms with Crippen LogP contribution in [0, 0.1) is 11.7 Å². The first-order valence-electron chi connectivity index (χ1n) is 9.35. The molecule has 0 saturated carbocycles. The van der Waals surface area contributed by atoms with Gasteiger partial charge < -0.3 is 15.6 Å². The van der Waals surface area contributed by atoms with E-state index in [2.05, 4.69) is 15.5 Å². The van der Waals surface area contributed by atoms with Crippen LogP contribution in [0.1, 0.15) is 24.2 Å². The van der Waals surface area contributed by atoms with Crippen LogP contribution in [0.15, 0.2) is 53.7 Å². The average Bonchev–Trinajstić information content (AvgIpc) is 3.09. The Morgan fingerprint density at radius 3 is 2.47 bits per heavy atom. The lowest BCUT2D eigenvalue weighted by atomic mass is 10.2. The van der Waals surface area contributed by atoms with Crippen LogP contribution in [0.5, 0.6) is 0 Å². The van der Waals surface area contributed by atoms with E-state index in [0.717, 1.165) is 0 Å². The number of nitrogens with one attached hydrogen (secondary N) is 1. The van der Waals surface area contributed by atoms with Gasteiger partial charge in [0.2, 0.25) is 11.8 Å². The summed E-state index contributed by atoms with van der Waals surface area (Å²) in [6.45, 7) is 4.68. The van der Waals surface area contributed by atoms with Crippen LogP contribution >= 0.6 is 11.8 Å². The van der Waals surface area contributed by atoms with Gasteiger partial charge in [-0.15, -0.1) is 10.2 Å². The molecule has 30 heavy (non-hydrogen) atoms. The highest BCUT2D eigenvalue weighted by Crippen LogP contribution is 2.27. The number of benzene rings is 2. The summed E-state index contributed by atoms with van der Waals surface area (Å²) in [7, 11) is 0. The topological polar surface area (TPSA) is 103 Å². The van der Waals surface area contributed by atoms with Crippen molar-refractivity contribution >= 4 is 29.3 Å². The van der Waals surface area contributed by atoms with Gasteiger partial charge in [-0.1, -0.05) is 37.7 Å². The fourth-order valence-corrected chi connectivity index (χ4v) is 3.56. The van der Waals surface area contributed by atoms with Crippen LogP contribution in [-0.2, 0) is 11.3 Å². The number of hydrogen-bond acceptors (Lipinski definition) is 5. The minimum Gasteiger partial charge on any atom is -0.366 e. The number of carbonyl (C=O) groups excluding carboxylic acids is 2. The highest BCUT2D eigenvalue weighted by Gasteiger charge is 2.18. The summed E-state index contributed by atoms with van der Waals surface area (Å²) in [4.78, 5) is 23.4. The Morgan fingerprint density at radius 2 is 1.83 bits per heavy atom. The maximum absolute atomic E-state index is 14.3. The van der Waals surface area contributed by atoms with Crippen molar-refractivity contribution in [2.75, 3.05) is 11.1 Å². The number of halogens is 1. The zero-order valence-electron chi connectivity index (χ0n) is 16.6. The number of thioether (sulfide) groups is 1. The second-order valence-corrected chi connectivity index (χ2v) is 8.01. The van der Waals surface area contributed by atoms with Gasteiger partial charge in [0.1, 0.15) is 5.82 Å². The number of primary amides is 1. The number of aromatic nitrogens is 3. The maximum Gasteiger partial charge on any atom is 0.248 e. The van der Waals surface area contributed by atoms with Gasteiger partial charge in [0.25, 0.3) is 0 Å². The molecule has 0 bridgehead atoms. The van der Waals surface area contributed by atoms with Gasteiger partial charge in [-0.25, -0.2) is 4.39 Å². The molecule has 1 aromatic heterocycles. The third-order valence-electron chi connectivity index (χ3n) is 4.16. The normalized spacial score (nSPS) is 10.9. The Morgan fingerprint density at radius 1 is 1.13 bits per heavy atom. The Hall–Kier alpha value is -3.20. The molecule has 0 unspecified atom stereocenters. The average molecular weight is 428 g/mol. The van der Waals surface area contributed by atoms with Crippen LogP contribution in [0.3, 0.4) is 0 Å². The number of carbonyl (C=O) groups is 2. The third kappa shape index (κ3) is 5.24. The van der Waals surface area contributed by atoms with E-state index in [0.29, 0.717) is 34.3 Å². The van der Waals surface area contributed by atoms with Crippen LogP contribution in [0.2, 0.25) is 0 Å². The Bertz CT molecular complexity index is 1050. The van der Waals surface area contributed by atoms with E-state index >= 15 is 0 Å². The van der Waals surface area contributed by atoms with Crippen molar-refractivity contribution in [1.29, 1.82) is 0 Å². The predicted octanol–water partition coefficient (Wildman–Crippen LogP) is 3.57. The van der Waals surface area contributed by atoms with E-state index in [4.69, 9.17) is 5.73 Å². The summed E-state index contributed by atoms with van der Waals surface area (Å²) in [6.07, 6.45) is 0. The number of anilines is 1. The molecule has 7 nitrogen and oxygen atoms in total. The Kier molecular flexibility index (Phi) is 6.83. The lowest BCUT2D eigenvalue weighted by Gasteiger charge is -2.13. The summed E-state index contributed by atoms with van der Waals surface area (Å²) in [5.74, 6) is -0.318. The summed E-state index contributed by atoms with van der Waals surface area (Å²) in [5, 5.41) is 11.6. The van der Waals surface area contributed by atoms with Gasteiger partial charge in [0.05, 0.1) is 11.3 Å². The van der Waals surface area contributed by atoms with Crippen LogP contribution in [-0.4, -0.2) is 32.3 Å². The van der Waals surface area contributed by atoms with E-state index in [9.17, 15) is 14.0 Å². The molecule has 2 aromatic carbocycles. The van der Waals surface area contributed by atoms with Crippen LogP contribution in [0.4, 0.5) is 10.1 Å². The number of nitrogens with zero attached hydrogens (tertiary/aromatic N) is 3. The molecule has 0 aliphatic heterocycles. The molecule has 0 aliphatic rings. The first-order valence-corrected chi connectivity index (χ1v) is 10.3. The fourth-order valence-electron chi connectivity index (χ4n) is 2.81. The lowest BCUT2D eigenvalue weighted by Crippen LogP contribution is -2.16. The highest BCUT2D eigenvalue weighted by molar-refractivity contribution is 7.99. The quantitative estimate of drug-likeness (QED) is 0.535. The molecule has 0 radical (unpaired) electrons. The predicted molar refractivity (Wildman–Crippen MR) is 115 cm³/mol. The second kappa shape index (κ2) is 9.53. The summed E-state index contributed by atoms with van der Waals surface area (Å²) >= 11 is 1.23. The third-order valence-corrected chi connectivity index (χ3v) is 5.13. The van der Waals surface area contributed by atoms with Crippen LogP contribution in [0.25, 0.3) is 11.4 Å². The monoisotopic (exact) mass is 427 g/mol. The van der Waals surface area contributed by atoms with Gasteiger partial charge in [0, 0.05) is 17.8 Å². The van der Waals surface area contributed by atoms with Crippen molar-refractivity contribution in [2.24, 2.45) is 11.7 Å². The number of rotatable bonds is 8. The molecule has 1 heterocycles. The number of amides is 2. The summed E-state index contributed by atoms with van der Waals surface area (Å²) < 4.78 is 16.1. The standard InChI is InChI=1S/C21H22FN5O2S/c1-13(2)11-27-20(16-5-3-4-6-17(16)22)25-26-21(27)30-12-18(28)24-15-9-7-14(8-10-15)19(23)29/h3-10,13H,11-12H2,1-2H3,(H2,23,29)(H,24,28). The van der Waals surface area contributed by atoms with Crippen LogP contribution < -0.4 is 11.1 Å². The lowest BCUT2D eigenvalue weighted by molar-refractivity contribution is -0.113. The van der Waals surface area contributed by atoms with E-state index in [1.807, 2.05) is 18.4 Å². The number of hydrogen-bond donors (Lipinski definition) is 2. The van der Waals surface area contributed by atoms with E-state index in [-0.39, 0.29) is 23.4 Å². The van der Waals surface area contributed by atoms with Gasteiger partial charge in [0.15, 0.2) is 11.0 Å². The van der Waals surface area contributed by atoms with E-state index < -0.39 is 5.91 Å². The smallest absolute Gasteiger partial charge is 0.248 e. The molecule has 0 aliphatic carbocycles. The van der Waals surface area contributed by atoms with Crippen molar-refractivity contribution in [2.45, 2.75) is 25.5 Å². The maximum atomic E-state index is 14.3. The molecule has 0 saturated heterocycles. The first kappa shape index (κ1) is 21.5. The summed E-state index contributed by atoms with van der Waals surface area (Å²) in [6, 6.07) is 12.7. The van der Waals surface area contributed by atoms with E-state index in [1.165, 1.54) is 17.8 Å². The first-order chi connectivity index (χ1) is 14.3. The molecular weight excluding hydrogens is 405 g/mol. The molecule has 0 fully saturated rings. The van der Waals surface area contributed by atoms with Crippen molar-refractivity contribution in [3.63, 3.8) is 0 Å². The van der Waals surface area contributed by atoms with Gasteiger partial charge in [-0.2, -0.15) is 0 Å². The molecule has 9 heteroatoms.